The maximum atomic E-state index is 11.1. The molecular formula is C11H25N3O2. The summed E-state index contributed by atoms with van der Waals surface area (Å²) in [6.07, 6.45) is 1.05. The van der Waals surface area contributed by atoms with Gasteiger partial charge in [0.2, 0.25) is 5.91 Å². The van der Waals surface area contributed by atoms with Gasteiger partial charge in [-0.05, 0) is 20.5 Å². The summed E-state index contributed by atoms with van der Waals surface area (Å²) in [4.78, 5) is 15.4. The predicted octanol–water partition coefficient (Wildman–Crippen LogP) is -0.367. The number of nitrogens with one attached hydrogen (secondary N) is 1. The molecule has 0 spiro atoms. The van der Waals surface area contributed by atoms with E-state index in [4.69, 9.17) is 4.74 Å². The third kappa shape index (κ3) is 8.64. The van der Waals surface area contributed by atoms with Crippen molar-refractivity contribution in [1.29, 1.82) is 0 Å². The van der Waals surface area contributed by atoms with Crippen LogP contribution >= 0.6 is 0 Å². The number of rotatable bonds is 9. The Bertz CT molecular complexity index is 188. The Balaban J connectivity index is 3.50. The standard InChI is InChI=1S/C11H25N3O2/c1-12-11(15)10-14(3)8-7-13(2)6-5-9-16-4/h5-10H2,1-4H3,(H,12,15). The third-order valence-electron chi connectivity index (χ3n) is 2.44. The van der Waals surface area contributed by atoms with E-state index in [0.29, 0.717) is 6.54 Å². The number of carbonyl (C=O) groups excluding carboxylic acids is 1. The lowest BCUT2D eigenvalue weighted by molar-refractivity contribution is -0.121. The first-order valence-electron chi connectivity index (χ1n) is 5.66. The van der Waals surface area contributed by atoms with Gasteiger partial charge in [-0.25, -0.2) is 0 Å². The number of hydrogen-bond acceptors (Lipinski definition) is 4. The van der Waals surface area contributed by atoms with Gasteiger partial charge in [0.1, 0.15) is 0 Å². The zero-order valence-corrected chi connectivity index (χ0v) is 11.0. The number of carbonyl (C=O) groups is 1. The van der Waals surface area contributed by atoms with Crippen molar-refractivity contribution in [2.45, 2.75) is 6.42 Å². The molecule has 0 saturated carbocycles. The van der Waals surface area contributed by atoms with E-state index in [0.717, 1.165) is 32.7 Å². The quantitative estimate of drug-likeness (QED) is 0.550. The number of likely N-dealkylation sites (N-methyl/N-ethyl adjacent to an activating group) is 3. The van der Waals surface area contributed by atoms with Crippen LogP contribution in [0.3, 0.4) is 0 Å². The smallest absolute Gasteiger partial charge is 0.233 e. The molecule has 0 aromatic rings. The summed E-state index contributed by atoms with van der Waals surface area (Å²) in [7, 11) is 7.42. The minimum atomic E-state index is 0.0598. The monoisotopic (exact) mass is 231 g/mol. The second-order valence-electron chi connectivity index (χ2n) is 4.06. The van der Waals surface area contributed by atoms with Gasteiger partial charge in [0.25, 0.3) is 0 Å². The Hall–Kier alpha value is -0.650. The number of ether oxygens (including phenoxy) is 1. The number of nitrogens with zero attached hydrogens (tertiary/aromatic N) is 2. The molecule has 5 heteroatoms. The summed E-state index contributed by atoms with van der Waals surface area (Å²) >= 11 is 0. The van der Waals surface area contributed by atoms with Gasteiger partial charge in [-0.3, -0.25) is 9.69 Å². The predicted molar refractivity (Wildman–Crippen MR) is 65.6 cm³/mol. The molecule has 0 aromatic carbocycles. The minimum Gasteiger partial charge on any atom is -0.385 e. The molecule has 0 saturated heterocycles. The summed E-state index contributed by atoms with van der Waals surface area (Å²) in [6.45, 7) is 4.16. The van der Waals surface area contributed by atoms with E-state index >= 15 is 0 Å². The average Bonchev–Trinajstić information content (AvgIpc) is 2.26. The van der Waals surface area contributed by atoms with Gasteiger partial charge >= 0.3 is 0 Å². The van der Waals surface area contributed by atoms with Crippen LogP contribution < -0.4 is 5.32 Å². The van der Waals surface area contributed by atoms with Gasteiger partial charge in [0.15, 0.2) is 0 Å². The Kier molecular flexibility index (Phi) is 9.18. The molecule has 1 amide bonds. The van der Waals surface area contributed by atoms with Crippen LogP contribution in [0.5, 0.6) is 0 Å². The van der Waals surface area contributed by atoms with Crippen molar-refractivity contribution in [2.24, 2.45) is 0 Å². The van der Waals surface area contributed by atoms with Gasteiger partial charge in [-0.15, -0.1) is 0 Å². The van der Waals surface area contributed by atoms with Crippen molar-refractivity contribution in [3.8, 4) is 0 Å². The first kappa shape index (κ1) is 15.3. The highest BCUT2D eigenvalue weighted by Gasteiger charge is 2.05. The molecule has 0 atom stereocenters. The molecule has 1 N–H and O–H groups in total. The summed E-state index contributed by atoms with van der Waals surface area (Å²) in [5.41, 5.74) is 0. The van der Waals surface area contributed by atoms with Crippen molar-refractivity contribution in [3.05, 3.63) is 0 Å². The highest BCUT2D eigenvalue weighted by molar-refractivity contribution is 5.77. The van der Waals surface area contributed by atoms with E-state index in [1.54, 1.807) is 14.2 Å². The van der Waals surface area contributed by atoms with Crippen LogP contribution in [0, 0.1) is 0 Å². The fourth-order valence-corrected chi connectivity index (χ4v) is 1.34. The average molecular weight is 231 g/mol. The molecule has 5 nitrogen and oxygen atoms in total. The van der Waals surface area contributed by atoms with Crippen LogP contribution in [0.1, 0.15) is 6.42 Å². The Morgan fingerprint density at radius 2 is 1.81 bits per heavy atom. The van der Waals surface area contributed by atoms with E-state index in [-0.39, 0.29) is 5.91 Å². The third-order valence-corrected chi connectivity index (χ3v) is 2.44. The molecule has 96 valence electrons. The summed E-state index contributed by atoms with van der Waals surface area (Å²) in [5.74, 6) is 0.0598. The van der Waals surface area contributed by atoms with Crippen molar-refractivity contribution in [2.75, 3.05) is 61.0 Å². The van der Waals surface area contributed by atoms with Gasteiger partial charge in [0, 0.05) is 40.4 Å². The first-order valence-corrected chi connectivity index (χ1v) is 5.66. The lowest BCUT2D eigenvalue weighted by atomic mass is 10.4. The topological polar surface area (TPSA) is 44.8 Å². The van der Waals surface area contributed by atoms with E-state index in [2.05, 4.69) is 17.3 Å². The molecule has 0 aliphatic carbocycles. The molecule has 0 rings (SSSR count). The Morgan fingerprint density at radius 1 is 1.19 bits per heavy atom. The fourth-order valence-electron chi connectivity index (χ4n) is 1.34. The van der Waals surface area contributed by atoms with Gasteiger partial charge in [0.05, 0.1) is 6.54 Å². The van der Waals surface area contributed by atoms with Gasteiger partial charge in [-0.2, -0.15) is 0 Å². The zero-order valence-electron chi connectivity index (χ0n) is 11.0. The van der Waals surface area contributed by atoms with Gasteiger partial charge < -0.3 is 15.0 Å². The summed E-state index contributed by atoms with van der Waals surface area (Å²) in [6, 6.07) is 0. The molecule has 0 aliphatic heterocycles. The van der Waals surface area contributed by atoms with Crippen LogP contribution in [-0.2, 0) is 9.53 Å². The molecule has 16 heavy (non-hydrogen) atoms. The van der Waals surface area contributed by atoms with Crippen LogP contribution in [0.15, 0.2) is 0 Å². The zero-order chi connectivity index (χ0) is 12.4. The molecule has 0 radical (unpaired) electrons. The molecule has 0 aromatic heterocycles. The highest BCUT2D eigenvalue weighted by Crippen LogP contribution is 1.90. The molecule has 0 heterocycles. The maximum Gasteiger partial charge on any atom is 0.233 e. The number of hydrogen-bond donors (Lipinski definition) is 1. The fraction of sp³-hybridized carbons (Fsp3) is 0.909. The van der Waals surface area contributed by atoms with Crippen LogP contribution in [0.4, 0.5) is 0 Å². The van der Waals surface area contributed by atoms with Crippen LogP contribution in [0.25, 0.3) is 0 Å². The lowest BCUT2D eigenvalue weighted by Gasteiger charge is -2.21. The van der Waals surface area contributed by atoms with E-state index in [9.17, 15) is 4.79 Å². The summed E-state index contributed by atoms with van der Waals surface area (Å²) < 4.78 is 4.99. The number of amides is 1. The maximum absolute atomic E-state index is 11.1. The largest absolute Gasteiger partial charge is 0.385 e. The van der Waals surface area contributed by atoms with Crippen LogP contribution in [-0.4, -0.2) is 76.7 Å². The summed E-state index contributed by atoms with van der Waals surface area (Å²) in [5, 5.41) is 2.61. The van der Waals surface area contributed by atoms with Crippen LogP contribution in [0.2, 0.25) is 0 Å². The first-order chi connectivity index (χ1) is 7.60. The normalized spacial score (nSPS) is 11.1. The van der Waals surface area contributed by atoms with E-state index < -0.39 is 0 Å². The molecular weight excluding hydrogens is 206 g/mol. The van der Waals surface area contributed by atoms with Crippen molar-refractivity contribution < 1.29 is 9.53 Å². The number of methoxy groups -OCH3 is 1. The molecule has 0 unspecified atom stereocenters. The van der Waals surface area contributed by atoms with Gasteiger partial charge in [-0.1, -0.05) is 0 Å². The Labute approximate surface area is 98.7 Å². The van der Waals surface area contributed by atoms with Crippen molar-refractivity contribution in [3.63, 3.8) is 0 Å². The Morgan fingerprint density at radius 3 is 2.38 bits per heavy atom. The van der Waals surface area contributed by atoms with Crippen molar-refractivity contribution >= 4 is 5.91 Å². The highest BCUT2D eigenvalue weighted by atomic mass is 16.5. The second-order valence-corrected chi connectivity index (χ2v) is 4.06. The lowest BCUT2D eigenvalue weighted by Crippen LogP contribution is -2.37. The van der Waals surface area contributed by atoms with Crippen molar-refractivity contribution in [1.82, 2.24) is 15.1 Å². The second kappa shape index (κ2) is 9.57. The SMILES string of the molecule is CNC(=O)CN(C)CCN(C)CCCOC. The van der Waals surface area contributed by atoms with E-state index in [1.807, 2.05) is 11.9 Å². The minimum absolute atomic E-state index is 0.0598. The van der Waals surface area contributed by atoms with E-state index in [1.165, 1.54) is 0 Å². The molecule has 0 bridgehead atoms. The molecule has 0 aliphatic rings. The molecule has 0 fully saturated rings.